The lowest BCUT2D eigenvalue weighted by atomic mass is 9.72. The van der Waals surface area contributed by atoms with E-state index in [1.165, 1.54) is 25.7 Å². The van der Waals surface area contributed by atoms with Crippen LogP contribution in [-0.2, 0) is 4.79 Å². The maximum Gasteiger partial charge on any atom is 0.155 e. The Balaban J connectivity index is 2.04. The number of carbonyl (C=O) groups is 1. The molecule has 1 saturated carbocycles. The Morgan fingerprint density at radius 1 is 1.28 bits per heavy atom. The van der Waals surface area contributed by atoms with Crippen LogP contribution in [0.4, 0.5) is 0 Å². The van der Waals surface area contributed by atoms with E-state index in [0.29, 0.717) is 11.7 Å². The van der Waals surface area contributed by atoms with Crippen molar-refractivity contribution >= 4 is 5.78 Å². The number of carbonyl (C=O) groups excluding carboxylic acids is 1. The average molecular weight is 251 g/mol. The number of Topliss-reactive ketones (excluding diaryl/α,β-unsaturated/α-hetero) is 1. The zero-order chi connectivity index (χ0) is 13.0. The van der Waals surface area contributed by atoms with Crippen molar-refractivity contribution in [2.75, 3.05) is 6.54 Å². The fourth-order valence-electron chi connectivity index (χ4n) is 4.07. The van der Waals surface area contributed by atoms with E-state index in [2.05, 4.69) is 19.2 Å². The summed E-state index contributed by atoms with van der Waals surface area (Å²) in [5.41, 5.74) is -0.144. The summed E-state index contributed by atoms with van der Waals surface area (Å²) in [6, 6.07) is 0. The molecule has 2 rings (SSSR count). The molecule has 1 saturated heterocycles. The number of hydrogen-bond acceptors (Lipinski definition) is 2. The molecule has 2 heteroatoms. The van der Waals surface area contributed by atoms with Crippen LogP contribution in [0, 0.1) is 11.8 Å². The lowest BCUT2D eigenvalue weighted by molar-refractivity contribution is -0.130. The predicted molar refractivity (Wildman–Crippen MR) is 75.6 cm³/mol. The van der Waals surface area contributed by atoms with E-state index in [-0.39, 0.29) is 5.54 Å². The topological polar surface area (TPSA) is 29.1 Å². The van der Waals surface area contributed by atoms with Gasteiger partial charge in [-0.25, -0.2) is 0 Å². The second kappa shape index (κ2) is 6.18. The monoisotopic (exact) mass is 251 g/mol. The van der Waals surface area contributed by atoms with Gasteiger partial charge in [0.25, 0.3) is 0 Å². The van der Waals surface area contributed by atoms with Crippen molar-refractivity contribution in [3.63, 3.8) is 0 Å². The van der Waals surface area contributed by atoms with Gasteiger partial charge in [-0.05, 0) is 44.6 Å². The van der Waals surface area contributed by atoms with Crippen molar-refractivity contribution in [3.8, 4) is 0 Å². The number of rotatable bonds is 5. The molecule has 18 heavy (non-hydrogen) atoms. The highest BCUT2D eigenvalue weighted by molar-refractivity contribution is 5.90. The van der Waals surface area contributed by atoms with Gasteiger partial charge in [-0.2, -0.15) is 0 Å². The average Bonchev–Trinajstić information content (AvgIpc) is 2.88. The van der Waals surface area contributed by atoms with Gasteiger partial charge in [-0.15, -0.1) is 0 Å². The Bertz CT molecular complexity index is 281. The van der Waals surface area contributed by atoms with Crippen LogP contribution < -0.4 is 5.32 Å². The van der Waals surface area contributed by atoms with Gasteiger partial charge in [0.15, 0.2) is 5.78 Å². The molecule has 3 atom stereocenters. The van der Waals surface area contributed by atoms with Crippen LogP contribution in [-0.4, -0.2) is 17.9 Å². The van der Waals surface area contributed by atoms with Crippen molar-refractivity contribution in [1.82, 2.24) is 5.32 Å². The first-order chi connectivity index (χ1) is 8.72. The van der Waals surface area contributed by atoms with Crippen LogP contribution in [0.25, 0.3) is 0 Å². The molecule has 0 aromatic rings. The van der Waals surface area contributed by atoms with Crippen LogP contribution in [0.2, 0.25) is 0 Å². The van der Waals surface area contributed by atoms with Crippen LogP contribution >= 0.6 is 0 Å². The summed E-state index contributed by atoms with van der Waals surface area (Å²) < 4.78 is 0. The minimum atomic E-state index is -0.144. The molecule has 0 bridgehead atoms. The highest BCUT2D eigenvalue weighted by atomic mass is 16.1. The molecule has 2 aliphatic rings. The number of hydrogen-bond donors (Lipinski definition) is 1. The van der Waals surface area contributed by atoms with Gasteiger partial charge in [0.05, 0.1) is 5.54 Å². The first-order valence-corrected chi connectivity index (χ1v) is 8.01. The van der Waals surface area contributed by atoms with E-state index in [0.717, 1.165) is 44.6 Å². The molecule has 1 heterocycles. The molecule has 1 aliphatic heterocycles. The van der Waals surface area contributed by atoms with Gasteiger partial charge in [-0.3, -0.25) is 4.79 Å². The second-order valence-corrected chi connectivity index (χ2v) is 6.36. The highest BCUT2D eigenvalue weighted by Gasteiger charge is 2.43. The van der Waals surface area contributed by atoms with E-state index >= 15 is 0 Å². The van der Waals surface area contributed by atoms with E-state index in [9.17, 15) is 4.79 Å². The number of ketones is 1. The molecule has 0 spiro atoms. The predicted octanol–water partition coefficient (Wildman–Crippen LogP) is 3.69. The summed E-state index contributed by atoms with van der Waals surface area (Å²) in [4.78, 5) is 12.9. The van der Waals surface area contributed by atoms with Gasteiger partial charge in [0.2, 0.25) is 0 Å². The van der Waals surface area contributed by atoms with Crippen LogP contribution in [0.15, 0.2) is 0 Å². The third kappa shape index (κ3) is 2.79. The van der Waals surface area contributed by atoms with Crippen LogP contribution in [0.3, 0.4) is 0 Å². The molecule has 0 aromatic carbocycles. The van der Waals surface area contributed by atoms with E-state index in [1.807, 2.05) is 0 Å². The van der Waals surface area contributed by atoms with Crippen molar-refractivity contribution in [2.24, 2.45) is 11.8 Å². The van der Waals surface area contributed by atoms with E-state index in [4.69, 9.17) is 0 Å². The van der Waals surface area contributed by atoms with Crippen molar-refractivity contribution in [1.29, 1.82) is 0 Å². The van der Waals surface area contributed by atoms with E-state index in [1.54, 1.807) is 0 Å². The maximum atomic E-state index is 12.9. The van der Waals surface area contributed by atoms with Gasteiger partial charge in [0.1, 0.15) is 0 Å². The molecule has 0 amide bonds. The molecule has 1 N–H and O–H groups in total. The van der Waals surface area contributed by atoms with Gasteiger partial charge in [-0.1, -0.05) is 39.5 Å². The lowest BCUT2D eigenvalue weighted by Crippen LogP contribution is -2.51. The summed E-state index contributed by atoms with van der Waals surface area (Å²) in [7, 11) is 0. The molecule has 3 unspecified atom stereocenters. The molecular formula is C16H29NO. The van der Waals surface area contributed by atoms with Crippen molar-refractivity contribution in [2.45, 2.75) is 77.2 Å². The first kappa shape index (κ1) is 14.0. The zero-order valence-corrected chi connectivity index (χ0v) is 12.1. The summed E-state index contributed by atoms with van der Waals surface area (Å²) in [6.07, 6.45) is 10.6. The Kier molecular flexibility index (Phi) is 4.83. The Morgan fingerprint density at radius 2 is 2.11 bits per heavy atom. The molecule has 104 valence electrons. The Morgan fingerprint density at radius 3 is 2.72 bits per heavy atom. The van der Waals surface area contributed by atoms with Crippen molar-refractivity contribution < 1.29 is 4.79 Å². The fourth-order valence-corrected chi connectivity index (χ4v) is 4.07. The van der Waals surface area contributed by atoms with Crippen LogP contribution in [0.5, 0.6) is 0 Å². The van der Waals surface area contributed by atoms with E-state index < -0.39 is 0 Å². The Labute approximate surface area is 112 Å². The van der Waals surface area contributed by atoms with Gasteiger partial charge < -0.3 is 5.32 Å². The minimum Gasteiger partial charge on any atom is -0.305 e. The SMILES string of the molecule is CCCC1(C(=O)C2CCCC(CC)C2)CCCN1. The quantitative estimate of drug-likeness (QED) is 0.807. The third-order valence-corrected chi connectivity index (χ3v) is 5.12. The highest BCUT2D eigenvalue weighted by Crippen LogP contribution is 2.37. The molecule has 1 aliphatic carbocycles. The minimum absolute atomic E-state index is 0.144. The molecular weight excluding hydrogens is 222 g/mol. The lowest BCUT2D eigenvalue weighted by Gasteiger charge is -2.35. The van der Waals surface area contributed by atoms with Gasteiger partial charge >= 0.3 is 0 Å². The largest absolute Gasteiger partial charge is 0.305 e. The maximum absolute atomic E-state index is 12.9. The Hall–Kier alpha value is -0.370. The molecule has 2 fully saturated rings. The molecule has 2 nitrogen and oxygen atoms in total. The first-order valence-electron chi connectivity index (χ1n) is 8.01. The second-order valence-electron chi connectivity index (χ2n) is 6.36. The van der Waals surface area contributed by atoms with Crippen LogP contribution in [0.1, 0.15) is 71.6 Å². The molecule has 0 radical (unpaired) electrons. The normalized spacial score (nSPS) is 36.8. The summed E-state index contributed by atoms with van der Waals surface area (Å²) in [6.45, 7) is 5.51. The number of nitrogens with one attached hydrogen (secondary N) is 1. The standard InChI is InChI=1S/C16H29NO/c1-3-9-16(10-6-11-17-16)15(18)14-8-5-7-13(4-2)12-14/h13-14,17H,3-12H2,1-2H3. The third-order valence-electron chi connectivity index (χ3n) is 5.12. The summed E-state index contributed by atoms with van der Waals surface area (Å²) in [5.74, 6) is 1.70. The summed E-state index contributed by atoms with van der Waals surface area (Å²) in [5, 5.41) is 3.55. The zero-order valence-electron chi connectivity index (χ0n) is 12.1. The van der Waals surface area contributed by atoms with Crippen molar-refractivity contribution in [3.05, 3.63) is 0 Å². The molecule has 0 aromatic heterocycles. The fraction of sp³-hybridized carbons (Fsp3) is 0.938. The smallest absolute Gasteiger partial charge is 0.155 e. The summed E-state index contributed by atoms with van der Waals surface area (Å²) >= 11 is 0. The van der Waals surface area contributed by atoms with Gasteiger partial charge in [0, 0.05) is 5.92 Å².